The summed E-state index contributed by atoms with van der Waals surface area (Å²) in [6, 6.07) is 9.21. The molecule has 7 nitrogen and oxygen atoms in total. The quantitative estimate of drug-likeness (QED) is 0.647. The molecule has 2 aromatic heterocycles. The minimum absolute atomic E-state index is 0.246. The minimum atomic E-state index is -4.57. The van der Waals surface area contributed by atoms with Gasteiger partial charge in [0.2, 0.25) is 5.82 Å². The summed E-state index contributed by atoms with van der Waals surface area (Å²) in [4.78, 5) is 26.3. The van der Waals surface area contributed by atoms with Crippen LogP contribution in [0.3, 0.4) is 0 Å². The molecule has 0 spiro atoms. The molecule has 1 aliphatic rings. The van der Waals surface area contributed by atoms with Gasteiger partial charge in [0.25, 0.3) is 5.91 Å². The number of nitrogens with zero attached hydrogens (tertiary/aromatic N) is 4. The Morgan fingerprint density at radius 2 is 1.84 bits per heavy atom. The molecule has 3 aromatic rings. The number of amides is 1. The van der Waals surface area contributed by atoms with Gasteiger partial charge in [0.05, 0.1) is 5.52 Å². The van der Waals surface area contributed by atoms with E-state index in [1.807, 2.05) is 18.2 Å². The first-order valence-electron chi connectivity index (χ1n) is 9.93. The van der Waals surface area contributed by atoms with Gasteiger partial charge < -0.3 is 15.5 Å². The number of benzene rings is 1. The summed E-state index contributed by atoms with van der Waals surface area (Å²) < 4.78 is 37.6. The van der Waals surface area contributed by atoms with Gasteiger partial charge in [-0.15, -0.1) is 0 Å². The number of aromatic nitrogens is 3. The van der Waals surface area contributed by atoms with E-state index < -0.39 is 12.0 Å². The van der Waals surface area contributed by atoms with Crippen molar-refractivity contribution in [3.63, 3.8) is 0 Å². The van der Waals surface area contributed by atoms with Gasteiger partial charge in [0.1, 0.15) is 5.82 Å². The zero-order valence-corrected chi connectivity index (χ0v) is 16.6. The molecule has 0 unspecified atom stereocenters. The molecule has 1 aromatic carbocycles. The van der Waals surface area contributed by atoms with Gasteiger partial charge in [0, 0.05) is 56.1 Å². The van der Waals surface area contributed by atoms with E-state index in [1.165, 1.54) is 0 Å². The number of pyridine rings is 1. The summed E-state index contributed by atoms with van der Waals surface area (Å²) in [6.45, 7) is 3.83. The van der Waals surface area contributed by atoms with E-state index in [9.17, 15) is 18.0 Å². The summed E-state index contributed by atoms with van der Waals surface area (Å²) in [5.41, 5.74) is 1.74. The topological polar surface area (TPSA) is 83.0 Å². The second kappa shape index (κ2) is 8.84. The zero-order valence-electron chi connectivity index (χ0n) is 16.6. The maximum absolute atomic E-state index is 12.7. The van der Waals surface area contributed by atoms with E-state index in [0.29, 0.717) is 17.5 Å². The third-order valence-corrected chi connectivity index (χ3v) is 5.06. The summed E-state index contributed by atoms with van der Waals surface area (Å²) in [5.74, 6) is -0.562. The van der Waals surface area contributed by atoms with E-state index in [0.717, 1.165) is 55.3 Å². The predicted molar refractivity (Wildman–Crippen MR) is 110 cm³/mol. The highest BCUT2D eigenvalue weighted by Crippen LogP contribution is 2.25. The molecule has 31 heavy (non-hydrogen) atoms. The van der Waals surface area contributed by atoms with Gasteiger partial charge in [-0.25, -0.2) is 15.0 Å². The molecule has 0 aliphatic carbocycles. The highest BCUT2D eigenvalue weighted by atomic mass is 19.4. The van der Waals surface area contributed by atoms with Gasteiger partial charge in [-0.05, 0) is 36.2 Å². The van der Waals surface area contributed by atoms with Gasteiger partial charge >= 0.3 is 6.18 Å². The summed E-state index contributed by atoms with van der Waals surface area (Å²) >= 11 is 0. The number of anilines is 1. The SMILES string of the molecule is O=C(NCCc1cnc(C(F)(F)F)nc1)c1cccc2nc(N3CCNCC3)ccc12. The van der Waals surface area contributed by atoms with E-state index in [1.54, 1.807) is 12.1 Å². The molecule has 0 bridgehead atoms. The van der Waals surface area contributed by atoms with E-state index in [-0.39, 0.29) is 12.5 Å². The maximum atomic E-state index is 12.7. The van der Waals surface area contributed by atoms with Crippen molar-refractivity contribution in [3.05, 3.63) is 59.7 Å². The number of halogens is 3. The van der Waals surface area contributed by atoms with Crippen LogP contribution < -0.4 is 15.5 Å². The van der Waals surface area contributed by atoms with Crippen LogP contribution in [-0.2, 0) is 12.6 Å². The molecule has 0 radical (unpaired) electrons. The Kier molecular flexibility index (Phi) is 5.99. The van der Waals surface area contributed by atoms with Crippen molar-refractivity contribution >= 4 is 22.6 Å². The smallest absolute Gasteiger partial charge is 0.354 e. The lowest BCUT2D eigenvalue weighted by Gasteiger charge is -2.28. The number of rotatable bonds is 5. The number of carbonyl (C=O) groups excluding carboxylic acids is 1. The lowest BCUT2D eigenvalue weighted by molar-refractivity contribution is -0.145. The van der Waals surface area contributed by atoms with E-state index >= 15 is 0 Å². The van der Waals surface area contributed by atoms with Gasteiger partial charge in [-0.2, -0.15) is 13.2 Å². The Morgan fingerprint density at radius 3 is 2.55 bits per heavy atom. The molecule has 2 N–H and O–H groups in total. The standard InChI is InChI=1S/C21H21F3N6O/c22-21(23,24)20-27-12-14(13-28-20)6-7-26-19(31)16-2-1-3-17-15(16)4-5-18(29-17)30-10-8-25-9-11-30/h1-5,12-13,25H,6-11H2,(H,26,31). The normalized spacial score (nSPS) is 14.6. The van der Waals surface area contributed by atoms with Crippen LogP contribution in [0.15, 0.2) is 42.7 Å². The molecule has 1 fully saturated rings. The Balaban J connectivity index is 1.41. The van der Waals surface area contributed by atoms with Crippen LogP contribution in [0.4, 0.5) is 19.0 Å². The van der Waals surface area contributed by atoms with Crippen molar-refractivity contribution in [1.82, 2.24) is 25.6 Å². The number of piperazine rings is 1. The molecule has 1 amide bonds. The fraction of sp³-hybridized carbons (Fsp3) is 0.333. The summed E-state index contributed by atoms with van der Waals surface area (Å²) in [5, 5.41) is 6.85. The Morgan fingerprint density at radius 1 is 1.10 bits per heavy atom. The minimum Gasteiger partial charge on any atom is -0.354 e. The van der Waals surface area contributed by atoms with Crippen molar-refractivity contribution in [3.8, 4) is 0 Å². The predicted octanol–water partition coefficient (Wildman–Crippen LogP) is 2.43. The maximum Gasteiger partial charge on any atom is 0.451 e. The van der Waals surface area contributed by atoms with E-state index in [4.69, 9.17) is 4.98 Å². The van der Waals surface area contributed by atoms with Gasteiger partial charge in [-0.1, -0.05) is 6.07 Å². The third kappa shape index (κ3) is 4.91. The fourth-order valence-corrected chi connectivity index (χ4v) is 3.46. The molecule has 162 valence electrons. The molecule has 1 aliphatic heterocycles. The molecule has 3 heterocycles. The molecule has 0 saturated carbocycles. The number of nitrogens with one attached hydrogen (secondary N) is 2. The number of hydrogen-bond acceptors (Lipinski definition) is 6. The lowest BCUT2D eigenvalue weighted by atomic mass is 10.1. The largest absolute Gasteiger partial charge is 0.451 e. The fourth-order valence-electron chi connectivity index (χ4n) is 3.46. The van der Waals surface area contributed by atoms with Crippen molar-refractivity contribution in [2.24, 2.45) is 0 Å². The lowest BCUT2D eigenvalue weighted by Crippen LogP contribution is -2.43. The van der Waals surface area contributed by atoms with Crippen molar-refractivity contribution in [2.45, 2.75) is 12.6 Å². The Hall–Kier alpha value is -3.27. The second-order valence-electron chi connectivity index (χ2n) is 7.20. The van der Waals surface area contributed by atoms with Crippen LogP contribution >= 0.6 is 0 Å². The average Bonchev–Trinajstić information content (AvgIpc) is 2.78. The van der Waals surface area contributed by atoms with Crippen LogP contribution in [0.2, 0.25) is 0 Å². The van der Waals surface area contributed by atoms with Crippen LogP contribution in [0.5, 0.6) is 0 Å². The zero-order chi connectivity index (χ0) is 21.8. The molecular weight excluding hydrogens is 409 g/mol. The molecule has 1 saturated heterocycles. The number of fused-ring (bicyclic) bond motifs is 1. The Bertz CT molecular complexity index is 1060. The van der Waals surface area contributed by atoms with Crippen LogP contribution in [-0.4, -0.2) is 53.6 Å². The Labute approximate surface area is 176 Å². The van der Waals surface area contributed by atoms with Gasteiger partial charge in [-0.3, -0.25) is 4.79 Å². The van der Waals surface area contributed by atoms with Gasteiger partial charge in [0.15, 0.2) is 0 Å². The highest BCUT2D eigenvalue weighted by molar-refractivity contribution is 6.06. The molecule has 10 heteroatoms. The first-order chi connectivity index (χ1) is 14.9. The number of carbonyl (C=O) groups is 1. The van der Waals surface area contributed by atoms with Crippen molar-refractivity contribution < 1.29 is 18.0 Å². The van der Waals surface area contributed by atoms with Crippen molar-refractivity contribution in [2.75, 3.05) is 37.6 Å². The number of hydrogen-bond donors (Lipinski definition) is 2. The van der Waals surface area contributed by atoms with Crippen LogP contribution in [0, 0.1) is 0 Å². The molecule has 4 rings (SSSR count). The monoisotopic (exact) mass is 430 g/mol. The molecular formula is C21H21F3N6O. The van der Waals surface area contributed by atoms with E-state index in [2.05, 4.69) is 25.5 Å². The van der Waals surface area contributed by atoms with Crippen LogP contribution in [0.25, 0.3) is 10.9 Å². The van der Waals surface area contributed by atoms with Crippen molar-refractivity contribution in [1.29, 1.82) is 0 Å². The third-order valence-electron chi connectivity index (χ3n) is 5.06. The first kappa shape index (κ1) is 21.0. The van der Waals surface area contributed by atoms with Crippen LogP contribution in [0.1, 0.15) is 21.7 Å². The molecule has 0 atom stereocenters. The highest BCUT2D eigenvalue weighted by Gasteiger charge is 2.34. The number of alkyl halides is 3. The first-order valence-corrected chi connectivity index (χ1v) is 9.93. The summed E-state index contributed by atoms with van der Waals surface area (Å²) in [7, 11) is 0. The second-order valence-corrected chi connectivity index (χ2v) is 7.20. The average molecular weight is 430 g/mol. The summed E-state index contributed by atoms with van der Waals surface area (Å²) in [6.07, 6.45) is -2.00.